The van der Waals surface area contributed by atoms with Gasteiger partial charge in [0.15, 0.2) is 0 Å². The van der Waals surface area contributed by atoms with Crippen LogP contribution in [0.4, 0.5) is 0 Å². The largest absolute Gasteiger partial charge is 0.497 e. The van der Waals surface area contributed by atoms with Gasteiger partial charge in [0.2, 0.25) is 0 Å². The third-order valence-corrected chi connectivity index (χ3v) is 4.26. The maximum absolute atomic E-state index is 5.50. The van der Waals surface area contributed by atoms with E-state index in [9.17, 15) is 0 Å². The van der Waals surface area contributed by atoms with E-state index in [0.29, 0.717) is 12.0 Å². The van der Waals surface area contributed by atoms with Crippen LogP contribution in [-0.2, 0) is 6.42 Å². The molecular weight excluding hydrogens is 238 g/mol. The molecular formula is C16H25NO2. The molecule has 0 bridgehead atoms. The smallest absolute Gasteiger partial charge is 0.125 e. The van der Waals surface area contributed by atoms with Gasteiger partial charge in [-0.2, -0.15) is 0 Å². The predicted octanol–water partition coefficient (Wildman–Crippen LogP) is 3.02. The van der Waals surface area contributed by atoms with Crippen molar-refractivity contribution >= 4 is 0 Å². The van der Waals surface area contributed by atoms with Crippen LogP contribution in [0.3, 0.4) is 0 Å². The van der Waals surface area contributed by atoms with Crippen LogP contribution in [0.15, 0.2) is 18.2 Å². The molecule has 1 aliphatic carbocycles. The molecule has 106 valence electrons. The Morgan fingerprint density at radius 1 is 1.16 bits per heavy atom. The van der Waals surface area contributed by atoms with E-state index in [-0.39, 0.29) is 0 Å². The van der Waals surface area contributed by atoms with Crippen molar-refractivity contribution in [3.63, 3.8) is 0 Å². The van der Waals surface area contributed by atoms with Crippen molar-refractivity contribution in [2.75, 3.05) is 21.3 Å². The van der Waals surface area contributed by atoms with Crippen LogP contribution < -0.4 is 14.8 Å². The number of benzene rings is 1. The van der Waals surface area contributed by atoms with E-state index in [1.54, 1.807) is 14.2 Å². The van der Waals surface area contributed by atoms with Crippen LogP contribution in [0.25, 0.3) is 0 Å². The number of ether oxygens (including phenoxy) is 2. The fourth-order valence-electron chi connectivity index (χ4n) is 3.13. The van der Waals surface area contributed by atoms with Crippen molar-refractivity contribution in [2.24, 2.45) is 5.92 Å². The van der Waals surface area contributed by atoms with Crippen LogP contribution >= 0.6 is 0 Å². The first kappa shape index (κ1) is 14.2. The van der Waals surface area contributed by atoms with Gasteiger partial charge in [-0.25, -0.2) is 0 Å². The molecule has 0 aromatic heterocycles. The second-order valence-corrected chi connectivity index (χ2v) is 5.32. The normalized spacial score (nSPS) is 23.1. The molecule has 1 aromatic carbocycles. The van der Waals surface area contributed by atoms with Gasteiger partial charge in [-0.3, -0.25) is 0 Å². The maximum atomic E-state index is 5.50. The molecule has 1 aromatic rings. The number of nitrogens with one attached hydrogen (secondary N) is 1. The molecule has 2 rings (SSSR count). The summed E-state index contributed by atoms with van der Waals surface area (Å²) in [6.45, 7) is 0. The second kappa shape index (κ2) is 6.80. The van der Waals surface area contributed by atoms with Gasteiger partial charge in [0, 0.05) is 12.1 Å². The van der Waals surface area contributed by atoms with Crippen molar-refractivity contribution in [3.05, 3.63) is 23.8 Å². The van der Waals surface area contributed by atoms with Crippen molar-refractivity contribution in [1.82, 2.24) is 5.32 Å². The average Bonchev–Trinajstić information content (AvgIpc) is 2.48. The van der Waals surface area contributed by atoms with Gasteiger partial charge in [-0.1, -0.05) is 18.9 Å². The summed E-state index contributed by atoms with van der Waals surface area (Å²) in [6, 6.07) is 6.78. The molecule has 0 saturated heterocycles. The quantitative estimate of drug-likeness (QED) is 0.885. The molecule has 0 radical (unpaired) electrons. The highest BCUT2D eigenvalue weighted by molar-refractivity contribution is 5.41. The van der Waals surface area contributed by atoms with Gasteiger partial charge >= 0.3 is 0 Å². The maximum Gasteiger partial charge on any atom is 0.125 e. The van der Waals surface area contributed by atoms with E-state index in [2.05, 4.69) is 18.4 Å². The molecule has 0 aliphatic heterocycles. The van der Waals surface area contributed by atoms with E-state index in [1.165, 1.54) is 31.2 Å². The van der Waals surface area contributed by atoms with Gasteiger partial charge < -0.3 is 14.8 Å². The molecule has 1 fully saturated rings. The topological polar surface area (TPSA) is 30.5 Å². The van der Waals surface area contributed by atoms with Crippen molar-refractivity contribution < 1.29 is 9.47 Å². The summed E-state index contributed by atoms with van der Waals surface area (Å²) < 4.78 is 10.7. The Morgan fingerprint density at radius 2 is 1.95 bits per heavy atom. The predicted molar refractivity (Wildman–Crippen MR) is 78.1 cm³/mol. The number of hydrogen-bond donors (Lipinski definition) is 1. The fourth-order valence-corrected chi connectivity index (χ4v) is 3.13. The Balaban J connectivity index is 2.12. The van der Waals surface area contributed by atoms with Crippen molar-refractivity contribution in [2.45, 2.75) is 38.1 Å². The van der Waals surface area contributed by atoms with Crippen LogP contribution in [0.2, 0.25) is 0 Å². The van der Waals surface area contributed by atoms with Gasteiger partial charge in [0.05, 0.1) is 14.2 Å². The van der Waals surface area contributed by atoms with Crippen molar-refractivity contribution in [3.8, 4) is 11.5 Å². The Hall–Kier alpha value is -1.22. The average molecular weight is 263 g/mol. The van der Waals surface area contributed by atoms with Crippen LogP contribution in [-0.4, -0.2) is 27.3 Å². The Labute approximate surface area is 116 Å². The highest BCUT2D eigenvalue weighted by Gasteiger charge is 2.24. The first-order valence-corrected chi connectivity index (χ1v) is 7.16. The first-order chi connectivity index (χ1) is 9.28. The third kappa shape index (κ3) is 3.41. The fraction of sp³-hybridized carbons (Fsp3) is 0.625. The lowest BCUT2D eigenvalue weighted by atomic mass is 9.80. The zero-order valence-electron chi connectivity index (χ0n) is 12.2. The molecule has 2 atom stereocenters. The van der Waals surface area contributed by atoms with E-state index < -0.39 is 0 Å². The standard InChI is InChI=1S/C16H25NO2/c1-17-15-7-5-4-6-12(15)10-13-8-9-14(18-2)11-16(13)19-3/h8-9,11-12,15,17H,4-7,10H2,1-3H3. The Bertz CT molecular complexity index is 406. The minimum absolute atomic E-state index is 0.639. The molecule has 2 unspecified atom stereocenters. The monoisotopic (exact) mass is 263 g/mol. The number of rotatable bonds is 5. The summed E-state index contributed by atoms with van der Waals surface area (Å²) in [7, 11) is 5.50. The van der Waals surface area contributed by atoms with E-state index in [1.807, 2.05) is 12.1 Å². The first-order valence-electron chi connectivity index (χ1n) is 7.16. The Kier molecular flexibility index (Phi) is 5.08. The minimum Gasteiger partial charge on any atom is -0.497 e. The van der Waals surface area contributed by atoms with E-state index in [0.717, 1.165) is 17.9 Å². The highest BCUT2D eigenvalue weighted by Crippen LogP contribution is 2.32. The molecule has 1 N–H and O–H groups in total. The molecule has 1 aliphatic rings. The molecule has 0 spiro atoms. The highest BCUT2D eigenvalue weighted by atomic mass is 16.5. The number of methoxy groups -OCH3 is 2. The SMILES string of the molecule is CNC1CCCCC1Cc1ccc(OC)cc1OC. The molecule has 19 heavy (non-hydrogen) atoms. The summed E-state index contributed by atoms with van der Waals surface area (Å²) >= 11 is 0. The lowest BCUT2D eigenvalue weighted by molar-refractivity contribution is 0.270. The minimum atomic E-state index is 0.639. The zero-order chi connectivity index (χ0) is 13.7. The van der Waals surface area contributed by atoms with E-state index >= 15 is 0 Å². The molecule has 3 nitrogen and oxygen atoms in total. The van der Waals surface area contributed by atoms with Crippen LogP contribution in [0, 0.1) is 5.92 Å². The zero-order valence-corrected chi connectivity index (χ0v) is 12.2. The van der Waals surface area contributed by atoms with E-state index in [4.69, 9.17) is 9.47 Å². The van der Waals surface area contributed by atoms with Gasteiger partial charge in [-0.15, -0.1) is 0 Å². The molecule has 1 saturated carbocycles. The summed E-state index contributed by atoms with van der Waals surface area (Å²) in [5, 5.41) is 3.47. The summed E-state index contributed by atoms with van der Waals surface area (Å²) in [5.74, 6) is 2.51. The van der Waals surface area contributed by atoms with Gasteiger partial charge in [0.25, 0.3) is 0 Å². The molecule has 0 heterocycles. The van der Waals surface area contributed by atoms with Crippen LogP contribution in [0.5, 0.6) is 11.5 Å². The van der Waals surface area contributed by atoms with Crippen LogP contribution in [0.1, 0.15) is 31.2 Å². The molecule has 0 amide bonds. The molecule has 3 heteroatoms. The van der Waals surface area contributed by atoms with Gasteiger partial charge in [-0.05, 0) is 43.9 Å². The third-order valence-electron chi connectivity index (χ3n) is 4.26. The second-order valence-electron chi connectivity index (χ2n) is 5.32. The number of hydrogen-bond acceptors (Lipinski definition) is 3. The van der Waals surface area contributed by atoms with Gasteiger partial charge in [0.1, 0.15) is 11.5 Å². The lowest BCUT2D eigenvalue weighted by Gasteiger charge is -2.31. The summed E-state index contributed by atoms with van der Waals surface area (Å²) in [5.41, 5.74) is 1.29. The Morgan fingerprint density at radius 3 is 2.63 bits per heavy atom. The lowest BCUT2D eigenvalue weighted by Crippen LogP contribution is -2.37. The summed E-state index contributed by atoms with van der Waals surface area (Å²) in [6.07, 6.45) is 6.38. The van der Waals surface area contributed by atoms with Crippen molar-refractivity contribution in [1.29, 1.82) is 0 Å². The summed E-state index contributed by atoms with van der Waals surface area (Å²) in [4.78, 5) is 0.